The van der Waals surface area contributed by atoms with Crippen LogP contribution in [0.3, 0.4) is 0 Å². The number of fused-ring (bicyclic) bond motifs is 1. The number of benzene rings is 3. The van der Waals surface area contributed by atoms with E-state index in [1.165, 1.54) is 16.7 Å². The Balaban J connectivity index is 1.29. The lowest BCUT2D eigenvalue weighted by Gasteiger charge is -2.09. The van der Waals surface area contributed by atoms with E-state index in [-0.39, 0.29) is 0 Å². The maximum atomic E-state index is 5.89. The van der Waals surface area contributed by atoms with Crippen molar-refractivity contribution < 1.29 is 14.2 Å². The van der Waals surface area contributed by atoms with Gasteiger partial charge in [0.05, 0.1) is 0 Å². The van der Waals surface area contributed by atoms with Crippen molar-refractivity contribution in [3.8, 4) is 17.2 Å². The van der Waals surface area contributed by atoms with Crippen LogP contribution in [0.4, 0.5) is 0 Å². The van der Waals surface area contributed by atoms with Crippen LogP contribution in [0.5, 0.6) is 17.2 Å². The average molecular weight is 347 g/mol. The van der Waals surface area contributed by atoms with Crippen LogP contribution < -0.4 is 19.5 Å². The van der Waals surface area contributed by atoms with Crippen molar-refractivity contribution in [2.75, 3.05) is 6.79 Å². The fraction of sp³-hybridized carbons (Fsp3) is 0.182. The minimum atomic E-state index is 0.308. The maximum Gasteiger partial charge on any atom is 0.231 e. The van der Waals surface area contributed by atoms with Crippen molar-refractivity contribution in [2.24, 2.45) is 0 Å². The van der Waals surface area contributed by atoms with Crippen LogP contribution in [-0.4, -0.2) is 6.79 Å². The maximum absolute atomic E-state index is 5.89. The monoisotopic (exact) mass is 347 g/mol. The third-order valence-corrected chi connectivity index (χ3v) is 4.24. The Kier molecular flexibility index (Phi) is 5.03. The molecule has 132 valence electrons. The quantitative estimate of drug-likeness (QED) is 0.692. The van der Waals surface area contributed by atoms with Gasteiger partial charge in [-0.1, -0.05) is 48.5 Å². The molecule has 0 bridgehead atoms. The summed E-state index contributed by atoms with van der Waals surface area (Å²) in [6.45, 7) is 2.43. The Morgan fingerprint density at radius 2 is 1.50 bits per heavy atom. The van der Waals surface area contributed by atoms with Gasteiger partial charge in [-0.3, -0.25) is 0 Å². The van der Waals surface area contributed by atoms with Crippen LogP contribution in [-0.2, 0) is 19.7 Å². The zero-order chi connectivity index (χ0) is 17.6. The predicted octanol–water partition coefficient (Wildman–Crippen LogP) is 4.28. The second-order valence-electron chi connectivity index (χ2n) is 6.21. The van der Waals surface area contributed by atoms with Gasteiger partial charge in [0.25, 0.3) is 0 Å². The Hall–Kier alpha value is -2.98. The first kappa shape index (κ1) is 16.5. The Bertz CT molecular complexity index is 864. The molecule has 1 aliphatic rings. The molecule has 0 unspecified atom stereocenters. The van der Waals surface area contributed by atoms with Gasteiger partial charge in [0.1, 0.15) is 12.4 Å². The second kappa shape index (κ2) is 7.93. The number of hydrogen-bond acceptors (Lipinski definition) is 4. The van der Waals surface area contributed by atoms with E-state index in [0.29, 0.717) is 13.4 Å². The molecule has 0 aromatic heterocycles. The molecule has 26 heavy (non-hydrogen) atoms. The lowest BCUT2D eigenvalue weighted by atomic mass is 10.2. The van der Waals surface area contributed by atoms with E-state index in [2.05, 4.69) is 35.6 Å². The average Bonchev–Trinajstić information content (AvgIpc) is 3.15. The highest BCUT2D eigenvalue weighted by Crippen LogP contribution is 2.32. The molecule has 0 saturated heterocycles. The van der Waals surface area contributed by atoms with Crippen molar-refractivity contribution in [1.29, 1.82) is 0 Å². The Labute approximate surface area is 153 Å². The van der Waals surface area contributed by atoms with Gasteiger partial charge in [-0.2, -0.15) is 0 Å². The van der Waals surface area contributed by atoms with Crippen LogP contribution in [0, 0.1) is 0 Å². The summed E-state index contributed by atoms with van der Waals surface area (Å²) in [7, 11) is 0. The molecule has 1 heterocycles. The van der Waals surface area contributed by atoms with Crippen LogP contribution in [0.2, 0.25) is 0 Å². The summed E-state index contributed by atoms with van der Waals surface area (Å²) in [6.07, 6.45) is 0. The van der Waals surface area contributed by atoms with Crippen molar-refractivity contribution in [3.63, 3.8) is 0 Å². The number of rotatable bonds is 7. The first-order valence-corrected chi connectivity index (χ1v) is 8.72. The molecule has 0 radical (unpaired) electrons. The number of nitrogens with one attached hydrogen (secondary N) is 1. The minimum Gasteiger partial charge on any atom is -0.489 e. The molecule has 0 amide bonds. The van der Waals surface area contributed by atoms with E-state index in [0.717, 1.165) is 30.3 Å². The standard InChI is InChI=1S/C22H21NO3/c1-2-5-17(6-3-1)15-24-20-8-4-7-18(11-20)13-23-14-19-9-10-21-22(12-19)26-16-25-21/h1-12,23H,13-16H2. The first-order chi connectivity index (χ1) is 12.9. The highest BCUT2D eigenvalue weighted by Gasteiger charge is 2.12. The molecule has 4 heteroatoms. The second-order valence-corrected chi connectivity index (χ2v) is 6.21. The third-order valence-electron chi connectivity index (χ3n) is 4.24. The molecule has 0 spiro atoms. The van der Waals surface area contributed by atoms with Gasteiger partial charge >= 0.3 is 0 Å². The molecule has 1 aliphatic heterocycles. The van der Waals surface area contributed by atoms with Crippen LogP contribution in [0.25, 0.3) is 0 Å². The van der Waals surface area contributed by atoms with Crippen molar-refractivity contribution in [1.82, 2.24) is 5.32 Å². The normalized spacial score (nSPS) is 12.2. The zero-order valence-corrected chi connectivity index (χ0v) is 14.5. The zero-order valence-electron chi connectivity index (χ0n) is 14.5. The molecule has 4 nitrogen and oxygen atoms in total. The molecule has 3 aromatic rings. The number of hydrogen-bond donors (Lipinski definition) is 1. The molecule has 0 saturated carbocycles. The van der Waals surface area contributed by atoms with Crippen LogP contribution >= 0.6 is 0 Å². The van der Waals surface area contributed by atoms with Crippen LogP contribution in [0.1, 0.15) is 16.7 Å². The smallest absolute Gasteiger partial charge is 0.231 e. The molecule has 3 aromatic carbocycles. The Morgan fingerprint density at radius 1 is 0.731 bits per heavy atom. The van der Waals surface area contributed by atoms with E-state index in [1.54, 1.807) is 0 Å². The summed E-state index contributed by atoms with van der Waals surface area (Å²) in [5.41, 5.74) is 3.53. The first-order valence-electron chi connectivity index (χ1n) is 8.72. The lowest BCUT2D eigenvalue weighted by molar-refractivity contribution is 0.174. The topological polar surface area (TPSA) is 39.7 Å². The molecule has 0 aliphatic carbocycles. The SMILES string of the molecule is c1ccc(COc2cccc(CNCc3ccc4c(c3)OCO4)c2)cc1. The largest absolute Gasteiger partial charge is 0.489 e. The van der Waals surface area contributed by atoms with Gasteiger partial charge in [-0.25, -0.2) is 0 Å². The summed E-state index contributed by atoms with van der Waals surface area (Å²) in [5, 5.41) is 3.46. The van der Waals surface area contributed by atoms with Gasteiger partial charge in [0.15, 0.2) is 11.5 Å². The van der Waals surface area contributed by atoms with E-state index in [4.69, 9.17) is 14.2 Å². The van der Waals surface area contributed by atoms with E-state index in [9.17, 15) is 0 Å². The molecular formula is C22H21NO3. The third kappa shape index (κ3) is 4.16. The molecule has 4 rings (SSSR count). The summed E-state index contributed by atoms with van der Waals surface area (Å²) >= 11 is 0. The molecule has 0 fully saturated rings. The fourth-order valence-electron chi connectivity index (χ4n) is 2.89. The van der Waals surface area contributed by atoms with Gasteiger partial charge in [-0.15, -0.1) is 0 Å². The molecule has 1 N–H and O–H groups in total. The summed E-state index contributed by atoms with van der Waals surface area (Å²) in [5.74, 6) is 2.52. The van der Waals surface area contributed by atoms with Gasteiger partial charge in [0.2, 0.25) is 6.79 Å². The van der Waals surface area contributed by atoms with Crippen molar-refractivity contribution >= 4 is 0 Å². The predicted molar refractivity (Wildman–Crippen MR) is 100 cm³/mol. The summed E-state index contributed by atoms with van der Waals surface area (Å²) in [6, 6.07) is 24.4. The van der Waals surface area contributed by atoms with Crippen molar-refractivity contribution in [3.05, 3.63) is 89.5 Å². The highest BCUT2D eigenvalue weighted by atomic mass is 16.7. The Morgan fingerprint density at radius 3 is 2.38 bits per heavy atom. The molecule has 0 atom stereocenters. The van der Waals surface area contributed by atoms with Gasteiger partial charge in [0, 0.05) is 13.1 Å². The number of ether oxygens (including phenoxy) is 3. The molecular weight excluding hydrogens is 326 g/mol. The minimum absolute atomic E-state index is 0.308. The summed E-state index contributed by atoms with van der Waals surface area (Å²) in [4.78, 5) is 0. The van der Waals surface area contributed by atoms with Gasteiger partial charge in [-0.05, 0) is 41.0 Å². The fourth-order valence-corrected chi connectivity index (χ4v) is 2.89. The van der Waals surface area contributed by atoms with Crippen LogP contribution in [0.15, 0.2) is 72.8 Å². The van der Waals surface area contributed by atoms with E-state index in [1.807, 2.05) is 42.5 Å². The van der Waals surface area contributed by atoms with Gasteiger partial charge < -0.3 is 19.5 Å². The van der Waals surface area contributed by atoms with E-state index < -0.39 is 0 Å². The summed E-state index contributed by atoms with van der Waals surface area (Å²) < 4.78 is 16.6. The highest BCUT2D eigenvalue weighted by molar-refractivity contribution is 5.44. The lowest BCUT2D eigenvalue weighted by Crippen LogP contribution is -2.12. The van der Waals surface area contributed by atoms with E-state index >= 15 is 0 Å². The van der Waals surface area contributed by atoms with Crippen molar-refractivity contribution in [2.45, 2.75) is 19.7 Å².